The van der Waals surface area contributed by atoms with Crippen molar-refractivity contribution in [3.63, 3.8) is 0 Å². The highest BCUT2D eigenvalue weighted by atomic mass is 28.3. The highest BCUT2D eigenvalue weighted by molar-refractivity contribution is 6.83. The molecule has 1 heteroatoms. The topological polar surface area (TPSA) is 0 Å². The van der Waals surface area contributed by atoms with Crippen LogP contribution < -0.4 is 0 Å². The lowest BCUT2D eigenvalue weighted by atomic mass is 9.94. The van der Waals surface area contributed by atoms with Crippen molar-refractivity contribution in [2.45, 2.75) is 58.7 Å². The summed E-state index contributed by atoms with van der Waals surface area (Å²) in [6.07, 6.45) is 3.70. The Kier molecular flexibility index (Phi) is 5.69. The maximum Gasteiger partial charge on any atom is 0.129 e. The van der Waals surface area contributed by atoms with E-state index in [1.807, 2.05) is 0 Å². The summed E-state index contributed by atoms with van der Waals surface area (Å²) >= 11 is 0. The number of hydrogen-bond donors (Lipinski definition) is 0. The molecule has 0 aliphatic rings. The molecule has 98 valence electrons. The van der Waals surface area contributed by atoms with E-state index in [1.54, 1.807) is 0 Å². The maximum absolute atomic E-state index is 3.54. The summed E-state index contributed by atoms with van der Waals surface area (Å²) in [7, 11) is -1.26. The molecule has 1 aromatic carbocycles. The minimum atomic E-state index is -1.26. The van der Waals surface area contributed by atoms with E-state index in [0.29, 0.717) is 5.92 Å². The average molecular weight is 258 g/mol. The predicted molar refractivity (Wildman–Crippen MR) is 84.6 cm³/mol. The van der Waals surface area contributed by atoms with Crippen LogP contribution in [0.15, 0.2) is 24.3 Å². The summed E-state index contributed by atoms with van der Waals surface area (Å²) in [5, 5.41) is 0. The third-order valence-electron chi connectivity index (χ3n) is 2.95. The van der Waals surface area contributed by atoms with Crippen molar-refractivity contribution in [1.29, 1.82) is 0 Å². The van der Waals surface area contributed by atoms with Crippen molar-refractivity contribution in [2.75, 3.05) is 0 Å². The molecule has 0 heterocycles. The Bertz CT molecular complexity index is 412. The van der Waals surface area contributed by atoms with Gasteiger partial charge in [-0.3, -0.25) is 0 Å². The zero-order valence-corrected chi connectivity index (χ0v) is 13.5. The van der Waals surface area contributed by atoms with E-state index in [1.165, 1.54) is 30.4 Å². The Morgan fingerprint density at radius 2 is 1.72 bits per heavy atom. The normalized spacial score (nSPS) is 12.7. The Morgan fingerprint density at radius 1 is 1.11 bits per heavy atom. The number of rotatable bonds is 4. The fraction of sp³-hybridized carbons (Fsp3) is 0.529. The highest BCUT2D eigenvalue weighted by Gasteiger charge is 2.11. The molecule has 0 nitrogen and oxygen atoms in total. The lowest BCUT2D eigenvalue weighted by Gasteiger charge is -2.12. The second-order valence-corrected chi connectivity index (χ2v) is 10.9. The number of unbranched alkanes of at least 4 members (excludes halogenated alkanes) is 1. The summed E-state index contributed by atoms with van der Waals surface area (Å²) in [5.74, 6) is 3.97. The largest absolute Gasteiger partial charge is 0.131 e. The van der Waals surface area contributed by atoms with Crippen LogP contribution in [-0.4, -0.2) is 8.07 Å². The molecule has 0 radical (unpaired) electrons. The summed E-state index contributed by atoms with van der Waals surface area (Å²) < 4.78 is 0. The number of aryl methyl sites for hydroxylation is 1. The van der Waals surface area contributed by atoms with E-state index < -0.39 is 8.07 Å². The third-order valence-corrected chi connectivity index (χ3v) is 3.84. The van der Waals surface area contributed by atoms with Crippen molar-refractivity contribution in [3.05, 3.63) is 35.4 Å². The summed E-state index contributed by atoms with van der Waals surface area (Å²) in [4.78, 5) is 0. The van der Waals surface area contributed by atoms with E-state index in [9.17, 15) is 0 Å². The Hall–Kier alpha value is -1.00. The van der Waals surface area contributed by atoms with Crippen LogP contribution in [0.25, 0.3) is 0 Å². The van der Waals surface area contributed by atoms with Gasteiger partial charge in [0.25, 0.3) is 0 Å². The zero-order chi connectivity index (χ0) is 13.6. The minimum Gasteiger partial charge on any atom is -0.131 e. The molecule has 0 saturated carbocycles. The molecule has 0 aliphatic carbocycles. The molecule has 1 aromatic rings. The quantitative estimate of drug-likeness (QED) is 0.517. The van der Waals surface area contributed by atoms with Gasteiger partial charge in [0.1, 0.15) is 8.07 Å². The third kappa shape index (κ3) is 5.56. The summed E-state index contributed by atoms with van der Waals surface area (Å²) in [5.41, 5.74) is 6.25. The second-order valence-electron chi connectivity index (χ2n) is 6.12. The SMILES string of the molecule is CCCC[C@@H](C#C[Si](C)(C)C)c1ccc(C)cc1. The van der Waals surface area contributed by atoms with E-state index in [-0.39, 0.29) is 0 Å². The van der Waals surface area contributed by atoms with Crippen LogP contribution in [0.4, 0.5) is 0 Å². The van der Waals surface area contributed by atoms with Gasteiger partial charge in [-0.25, -0.2) is 0 Å². The fourth-order valence-electron chi connectivity index (χ4n) is 1.83. The lowest BCUT2D eigenvalue weighted by molar-refractivity contribution is 0.676. The van der Waals surface area contributed by atoms with E-state index in [4.69, 9.17) is 0 Å². The van der Waals surface area contributed by atoms with Gasteiger partial charge in [0.15, 0.2) is 0 Å². The molecule has 0 unspecified atom stereocenters. The zero-order valence-electron chi connectivity index (χ0n) is 12.5. The summed E-state index contributed by atoms with van der Waals surface area (Å²) in [6, 6.07) is 8.89. The van der Waals surface area contributed by atoms with Crippen molar-refractivity contribution < 1.29 is 0 Å². The molecule has 0 aromatic heterocycles. The van der Waals surface area contributed by atoms with Gasteiger partial charge in [0.2, 0.25) is 0 Å². The van der Waals surface area contributed by atoms with Gasteiger partial charge in [-0.15, -0.1) is 11.5 Å². The molecule has 0 fully saturated rings. The van der Waals surface area contributed by atoms with E-state index >= 15 is 0 Å². The first kappa shape index (κ1) is 15.1. The van der Waals surface area contributed by atoms with Gasteiger partial charge in [0, 0.05) is 5.92 Å². The van der Waals surface area contributed by atoms with E-state index in [0.717, 1.165) is 0 Å². The molecule has 0 amide bonds. The predicted octanol–water partition coefficient (Wildman–Crippen LogP) is 5.15. The summed E-state index contributed by atoms with van der Waals surface area (Å²) in [6.45, 7) is 11.3. The van der Waals surface area contributed by atoms with Crippen molar-refractivity contribution in [2.24, 2.45) is 0 Å². The number of hydrogen-bond acceptors (Lipinski definition) is 0. The van der Waals surface area contributed by atoms with Crippen molar-refractivity contribution >= 4 is 8.07 Å². The molecule has 0 bridgehead atoms. The molecule has 1 atom stereocenters. The van der Waals surface area contributed by atoms with Crippen LogP contribution in [0.5, 0.6) is 0 Å². The van der Waals surface area contributed by atoms with Crippen molar-refractivity contribution in [3.8, 4) is 11.5 Å². The van der Waals surface area contributed by atoms with Crippen LogP contribution >= 0.6 is 0 Å². The monoisotopic (exact) mass is 258 g/mol. The smallest absolute Gasteiger partial charge is 0.129 e. The molecule has 0 N–H and O–H groups in total. The van der Waals surface area contributed by atoms with Gasteiger partial charge in [0.05, 0.1) is 0 Å². The van der Waals surface area contributed by atoms with Crippen LogP contribution in [0.2, 0.25) is 19.6 Å². The Morgan fingerprint density at radius 3 is 2.22 bits per heavy atom. The van der Waals surface area contributed by atoms with Gasteiger partial charge in [-0.05, 0) is 18.9 Å². The van der Waals surface area contributed by atoms with Gasteiger partial charge in [-0.2, -0.15) is 0 Å². The van der Waals surface area contributed by atoms with Crippen LogP contribution in [0.3, 0.4) is 0 Å². The molecule has 18 heavy (non-hydrogen) atoms. The first-order valence-electron chi connectivity index (χ1n) is 7.01. The molecule has 0 aliphatic heterocycles. The average Bonchev–Trinajstić information content (AvgIpc) is 2.29. The molecule has 0 saturated heterocycles. The Labute approximate surface area is 114 Å². The number of benzene rings is 1. The van der Waals surface area contributed by atoms with Gasteiger partial charge in [-0.1, -0.05) is 69.2 Å². The molecular weight excluding hydrogens is 232 g/mol. The van der Waals surface area contributed by atoms with Crippen LogP contribution in [0.1, 0.15) is 43.2 Å². The van der Waals surface area contributed by atoms with Gasteiger partial charge >= 0.3 is 0 Å². The molecule has 1 rings (SSSR count). The van der Waals surface area contributed by atoms with E-state index in [2.05, 4.69) is 69.2 Å². The highest BCUT2D eigenvalue weighted by Crippen LogP contribution is 2.22. The molecule has 0 spiro atoms. The maximum atomic E-state index is 3.54. The van der Waals surface area contributed by atoms with Crippen molar-refractivity contribution in [1.82, 2.24) is 0 Å². The second kappa shape index (κ2) is 6.80. The first-order chi connectivity index (χ1) is 8.42. The minimum absolute atomic E-state index is 0.428. The van der Waals surface area contributed by atoms with Gasteiger partial charge < -0.3 is 0 Å². The Balaban J connectivity index is 2.89. The first-order valence-corrected chi connectivity index (χ1v) is 10.5. The van der Waals surface area contributed by atoms with Crippen LogP contribution in [-0.2, 0) is 0 Å². The fourth-order valence-corrected chi connectivity index (χ4v) is 2.44. The molecular formula is C17H26Si. The van der Waals surface area contributed by atoms with Crippen LogP contribution in [0, 0.1) is 18.4 Å². The lowest BCUT2D eigenvalue weighted by Crippen LogP contribution is -2.17. The standard InChI is InChI=1S/C17H26Si/c1-6-7-8-16(13-14-18(3,4)5)17-11-9-15(2)10-12-17/h9-12,16H,6-8H2,1-5H3/t16-/m0/s1.